The second-order valence-electron chi connectivity index (χ2n) is 9.96. The third-order valence-corrected chi connectivity index (χ3v) is 10.4. The summed E-state index contributed by atoms with van der Waals surface area (Å²) in [6.45, 7) is 6.86. The summed E-state index contributed by atoms with van der Waals surface area (Å²) in [4.78, 5) is 10.4. The van der Waals surface area contributed by atoms with E-state index in [0.29, 0.717) is 6.42 Å². The summed E-state index contributed by atoms with van der Waals surface area (Å²) in [5.41, 5.74) is 0. The first kappa shape index (κ1) is 35.4. The number of aliphatic carboxylic acids is 1. The zero-order valence-corrected chi connectivity index (χ0v) is 26.1. The third kappa shape index (κ3) is 39.8. The Hall–Kier alpha value is 0.269. The van der Waals surface area contributed by atoms with Gasteiger partial charge in [-0.25, -0.2) is 0 Å². The van der Waals surface area contributed by atoms with Crippen molar-refractivity contribution >= 4 is 27.1 Å². The van der Waals surface area contributed by atoms with Crippen molar-refractivity contribution in [2.75, 3.05) is 0 Å². The van der Waals surface area contributed by atoms with Gasteiger partial charge in [0.05, 0.1) is 0 Å². The number of unbranched alkanes of at least 4 members (excludes halogenated alkanes) is 20. The van der Waals surface area contributed by atoms with Gasteiger partial charge in [0.15, 0.2) is 0 Å². The normalized spacial score (nSPS) is 10.8. The molecular weight excluding hydrogens is 511 g/mol. The molecule has 0 spiro atoms. The van der Waals surface area contributed by atoms with Crippen molar-refractivity contribution < 1.29 is 9.90 Å². The van der Waals surface area contributed by atoms with Crippen molar-refractivity contribution in [1.29, 1.82) is 0 Å². The van der Waals surface area contributed by atoms with Crippen molar-refractivity contribution in [3.8, 4) is 0 Å². The van der Waals surface area contributed by atoms with Gasteiger partial charge in [0, 0.05) is 6.42 Å². The maximum absolute atomic E-state index is 10.4. The molecule has 33 heavy (non-hydrogen) atoms. The van der Waals surface area contributed by atoms with Gasteiger partial charge in [-0.2, -0.15) is 0 Å². The molecule has 0 aliphatic heterocycles. The number of carboxylic acids is 1. The van der Waals surface area contributed by atoms with E-state index in [-0.39, 0.29) is 21.1 Å². The predicted octanol–water partition coefficient (Wildman–Crippen LogP) is 11.0. The summed E-state index contributed by atoms with van der Waals surface area (Å²) in [5, 5.41) is 8.56. The quantitative estimate of drug-likeness (QED) is 0.0826. The molecule has 0 unspecified atom stereocenters. The van der Waals surface area contributed by atoms with E-state index >= 15 is 0 Å². The Morgan fingerprint density at radius 3 is 1.00 bits per heavy atom. The van der Waals surface area contributed by atoms with Gasteiger partial charge in [-0.15, -0.1) is 0 Å². The van der Waals surface area contributed by atoms with Crippen molar-refractivity contribution in [2.45, 2.75) is 184 Å². The minimum atomic E-state index is -0.651. The molecule has 0 saturated heterocycles. The molecule has 0 amide bonds. The number of hydrogen-bond acceptors (Lipinski definition) is 1. The van der Waals surface area contributed by atoms with Crippen LogP contribution in [0.3, 0.4) is 0 Å². The van der Waals surface area contributed by atoms with Gasteiger partial charge in [-0.3, -0.25) is 4.79 Å². The summed E-state index contributed by atoms with van der Waals surface area (Å²) in [6, 6.07) is 0. The first-order chi connectivity index (χ1) is 16.2. The van der Waals surface area contributed by atoms with E-state index < -0.39 is 5.97 Å². The van der Waals surface area contributed by atoms with Crippen LogP contribution in [-0.4, -0.2) is 32.2 Å². The van der Waals surface area contributed by atoms with E-state index in [1.165, 1.54) is 135 Å². The second-order valence-corrected chi connectivity index (χ2v) is 14.2. The van der Waals surface area contributed by atoms with Crippen LogP contribution < -0.4 is 0 Å². The molecule has 0 bridgehead atoms. The Kier molecular flexibility index (Phi) is 37.0. The Balaban J connectivity index is 0. The second kappa shape index (κ2) is 34.4. The molecule has 0 rings (SSSR count). The molecule has 3 heteroatoms. The van der Waals surface area contributed by atoms with Crippen molar-refractivity contribution in [3.05, 3.63) is 0 Å². The summed E-state index contributed by atoms with van der Waals surface area (Å²) >= 11 is 0.149. The molecule has 0 fully saturated rings. The number of carboxylic acid groups (broad SMARTS) is 1. The molecule has 0 heterocycles. The Morgan fingerprint density at radius 2 is 0.727 bits per heavy atom. The van der Waals surface area contributed by atoms with Crippen molar-refractivity contribution in [1.82, 2.24) is 0 Å². The number of rotatable bonds is 26. The third-order valence-electron chi connectivity index (χ3n) is 6.41. The van der Waals surface area contributed by atoms with Gasteiger partial charge in [0.2, 0.25) is 0 Å². The molecule has 198 valence electrons. The molecule has 0 aromatic rings. The summed E-state index contributed by atoms with van der Waals surface area (Å²) in [5.74, 6) is -0.651. The fourth-order valence-corrected chi connectivity index (χ4v) is 8.24. The van der Waals surface area contributed by atoms with Crippen LogP contribution in [0.2, 0.25) is 8.87 Å². The van der Waals surface area contributed by atoms with Crippen molar-refractivity contribution in [2.24, 2.45) is 0 Å². The minimum absolute atomic E-state index is 0.149. The first-order valence-corrected chi connectivity index (χ1v) is 19.1. The Morgan fingerprint density at radius 1 is 0.455 bits per heavy atom. The molecule has 0 saturated carbocycles. The molecule has 1 N–H and O–H groups in total. The molecule has 0 atom stereocenters. The van der Waals surface area contributed by atoms with E-state index in [4.69, 9.17) is 5.11 Å². The summed E-state index contributed by atoms with van der Waals surface area (Å²) in [6.07, 6.45) is 31.9. The van der Waals surface area contributed by atoms with Gasteiger partial charge >= 0.3 is 75.5 Å². The molecule has 0 aromatic heterocycles. The number of carbonyl (C=O) groups is 1. The zero-order chi connectivity index (χ0) is 24.7. The topological polar surface area (TPSA) is 37.3 Å². The van der Waals surface area contributed by atoms with Gasteiger partial charge in [0.25, 0.3) is 0 Å². The van der Waals surface area contributed by atoms with Gasteiger partial charge in [-0.05, 0) is 6.42 Å². The number of hydrogen-bond donors (Lipinski definition) is 1. The van der Waals surface area contributed by atoms with Crippen LogP contribution in [0.25, 0.3) is 0 Å². The fraction of sp³-hybridized carbons (Fsp3) is 0.967. The molecule has 0 aliphatic rings. The standard InChI is InChI=1S/C22H44O2.2C4H9.Sn/c1-2-3-4-5-6-7-8-9-10-11-12-13-14-15-16-17-18-19-20-21-22(23)24;2*1-3-4-2;/h2-21H2,1H3,(H,23,24);2*1,3-4H2,2H3;. The van der Waals surface area contributed by atoms with Gasteiger partial charge in [0.1, 0.15) is 0 Å². The Labute approximate surface area is 220 Å². The summed E-state index contributed by atoms with van der Waals surface area (Å²) in [7, 11) is 0. The first-order valence-electron chi connectivity index (χ1n) is 15.1. The van der Waals surface area contributed by atoms with E-state index in [0.717, 1.165) is 12.8 Å². The average molecular weight is 574 g/mol. The van der Waals surface area contributed by atoms with Crippen LogP contribution in [0.4, 0.5) is 0 Å². The van der Waals surface area contributed by atoms with E-state index in [1.807, 2.05) is 0 Å². The molecule has 0 aliphatic carbocycles. The fourth-order valence-electron chi connectivity index (χ4n) is 4.08. The van der Waals surface area contributed by atoms with Crippen LogP contribution in [0.15, 0.2) is 0 Å². The molecular formula is C30H62O2Sn. The maximum atomic E-state index is 10.4. The monoisotopic (exact) mass is 574 g/mol. The van der Waals surface area contributed by atoms with Crippen LogP contribution in [-0.2, 0) is 4.79 Å². The van der Waals surface area contributed by atoms with Gasteiger partial charge in [-0.1, -0.05) is 122 Å². The van der Waals surface area contributed by atoms with Crippen LogP contribution in [0.1, 0.15) is 175 Å². The van der Waals surface area contributed by atoms with Crippen LogP contribution in [0.5, 0.6) is 0 Å². The predicted molar refractivity (Wildman–Crippen MR) is 151 cm³/mol. The SMILES string of the molecule is CCCCCCCCCCCCCCCCCCCCCC(=O)O.CCC[CH2][Sn][CH2]CCC. The van der Waals surface area contributed by atoms with Crippen LogP contribution >= 0.6 is 0 Å². The molecule has 0 aromatic carbocycles. The zero-order valence-electron chi connectivity index (χ0n) is 23.2. The van der Waals surface area contributed by atoms with E-state index in [1.54, 1.807) is 8.87 Å². The summed E-state index contributed by atoms with van der Waals surface area (Å²) < 4.78 is 3.25. The van der Waals surface area contributed by atoms with Crippen LogP contribution in [0, 0.1) is 0 Å². The average Bonchev–Trinajstić information content (AvgIpc) is 2.81. The van der Waals surface area contributed by atoms with Gasteiger partial charge < -0.3 is 5.11 Å². The van der Waals surface area contributed by atoms with E-state index in [2.05, 4.69) is 20.8 Å². The molecule has 2 radical (unpaired) electrons. The van der Waals surface area contributed by atoms with Crippen molar-refractivity contribution in [3.63, 3.8) is 0 Å². The Bertz CT molecular complexity index is 340. The molecule has 2 nitrogen and oxygen atoms in total. The van der Waals surface area contributed by atoms with E-state index in [9.17, 15) is 4.79 Å².